The van der Waals surface area contributed by atoms with Crippen LogP contribution in [0.1, 0.15) is 39.3 Å². The molecule has 1 unspecified atom stereocenters. The van der Waals surface area contributed by atoms with Crippen molar-refractivity contribution in [3.05, 3.63) is 28.1 Å². The number of nitro groups is 1. The van der Waals surface area contributed by atoms with Gasteiger partial charge in [-0.05, 0) is 27.7 Å². The van der Waals surface area contributed by atoms with Crippen LogP contribution in [0.15, 0.2) is 12.3 Å². The third-order valence-corrected chi connectivity index (χ3v) is 2.74. The van der Waals surface area contributed by atoms with Crippen LogP contribution in [0.5, 0.6) is 5.75 Å². The SMILES string of the molecule is CCOC(=O)C(C(=O)OC(C)(C)C)c1cc(OC)c([N+](=O)[O-])cn1. The molecule has 0 N–H and O–H groups in total. The van der Waals surface area contributed by atoms with Gasteiger partial charge in [0.25, 0.3) is 0 Å². The first kappa shape index (κ1) is 19.3. The highest BCUT2D eigenvalue weighted by molar-refractivity contribution is 6.00. The molecule has 0 bridgehead atoms. The van der Waals surface area contributed by atoms with Crippen LogP contribution < -0.4 is 4.74 Å². The van der Waals surface area contributed by atoms with Gasteiger partial charge < -0.3 is 14.2 Å². The first-order valence-corrected chi connectivity index (χ1v) is 7.18. The molecule has 132 valence electrons. The zero-order chi connectivity index (χ0) is 18.5. The zero-order valence-corrected chi connectivity index (χ0v) is 14.2. The predicted molar refractivity (Wildman–Crippen MR) is 82.7 cm³/mol. The maximum atomic E-state index is 12.4. The van der Waals surface area contributed by atoms with Gasteiger partial charge in [-0.1, -0.05) is 0 Å². The van der Waals surface area contributed by atoms with E-state index in [-0.39, 0.29) is 23.7 Å². The number of hydrogen-bond donors (Lipinski definition) is 0. The van der Waals surface area contributed by atoms with Crippen LogP contribution in [0.4, 0.5) is 5.69 Å². The fourth-order valence-corrected chi connectivity index (χ4v) is 1.83. The van der Waals surface area contributed by atoms with E-state index in [9.17, 15) is 19.7 Å². The van der Waals surface area contributed by atoms with E-state index in [2.05, 4.69) is 4.98 Å². The molecule has 0 saturated carbocycles. The van der Waals surface area contributed by atoms with Crippen molar-refractivity contribution in [3.8, 4) is 5.75 Å². The fourth-order valence-electron chi connectivity index (χ4n) is 1.83. The summed E-state index contributed by atoms with van der Waals surface area (Å²) in [5, 5.41) is 10.9. The van der Waals surface area contributed by atoms with Crippen LogP contribution in [0, 0.1) is 10.1 Å². The van der Waals surface area contributed by atoms with E-state index in [1.54, 1.807) is 27.7 Å². The average Bonchev–Trinajstić information content (AvgIpc) is 2.45. The van der Waals surface area contributed by atoms with Crippen molar-refractivity contribution < 1.29 is 28.7 Å². The highest BCUT2D eigenvalue weighted by Gasteiger charge is 2.36. The van der Waals surface area contributed by atoms with Crippen molar-refractivity contribution in [1.82, 2.24) is 4.98 Å². The minimum atomic E-state index is -1.46. The van der Waals surface area contributed by atoms with Crippen molar-refractivity contribution in [2.45, 2.75) is 39.2 Å². The number of pyridine rings is 1. The Labute approximate surface area is 139 Å². The Morgan fingerprint density at radius 1 is 1.33 bits per heavy atom. The van der Waals surface area contributed by atoms with Gasteiger partial charge in [0.2, 0.25) is 0 Å². The Kier molecular flexibility index (Phi) is 6.21. The molecule has 1 heterocycles. The summed E-state index contributed by atoms with van der Waals surface area (Å²) in [6.45, 7) is 6.60. The molecular formula is C15H20N2O7. The summed E-state index contributed by atoms with van der Waals surface area (Å²) in [5.41, 5.74) is -1.26. The molecule has 24 heavy (non-hydrogen) atoms. The van der Waals surface area contributed by atoms with Gasteiger partial charge in [-0.2, -0.15) is 0 Å². The summed E-state index contributed by atoms with van der Waals surface area (Å²) in [5.74, 6) is -3.29. The monoisotopic (exact) mass is 340 g/mol. The van der Waals surface area contributed by atoms with E-state index in [4.69, 9.17) is 14.2 Å². The van der Waals surface area contributed by atoms with Crippen LogP contribution in [0.25, 0.3) is 0 Å². The van der Waals surface area contributed by atoms with Crippen LogP contribution in [0.3, 0.4) is 0 Å². The van der Waals surface area contributed by atoms with Crippen LogP contribution in [-0.4, -0.2) is 41.2 Å². The average molecular weight is 340 g/mol. The van der Waals surface area contributed by atoms with Crippen LogP contribution in [0.2, 0.25) is 0 Å². The van der Waals surface area contributed by atoms with Gasteiger partial charge in [0.15, 0.2) is 11.7 Å². The first-order valence-electron chi connectivity index (χ1n) is 7.18. The number of methoxy groups -OCH3 is 1. The van der Waals surface area contributed by atoms with E-state index in [0.29, 0.717) is 0 Å². The number of hydrogen-bond acceptors (Lipinski definition) is 8. The number of carbonyl (C=O) groups is 2. The third kappa shape index (κ3) is 4.90. The summed E-state index contributed by atoms with van der Waals surface area (Å²) >= 11 is 0. The molecule has 1 aromatic heterocycles. The van der Waals surface area contributed by atoms with E-state index < -0.39 is 28.4 Å². The Morgan fingerprint density at radius 3 is 2.42 bits per heavy atom. The van der Waals surface area contributed by atoms with Crippen LogP contribution >= 0.6 is 0 Å². The Morgan fingerprint density at radius 2 is 1.96 bits per heavy atom. The summed E-state index contributed by atoms with van der Waals surface area (Å²) < 4.78 is 15.0. The minimum absolute atomic E-state index is 0.0508. The molecule has 9 heteroatoms. The van der Waals surface area contributed by atoms with Gasteiger partial charge in [-0.3, -0.25) is 24.7 Å². The van der Waals surface area contributed by atoms with Crippen molar-refractivity contribution in [2.24, 2.45) is 0 Å². The second kappa shape index (κ2) is 7.71. The fraction of sp³-hybridized carbons (Fsp3) is 0.533. The normalized spacial score (nSPS) is 12.2. The summed E-state index contributed by atoms with van der Waals surface area (Å²) in [6.07, 6.45) is 0.921. The largest absolute Gasteiger partial charge is 0.490 e. The Bertz CT molecular complexity index is 637. The van der Waals surface area contributed by atoms with E-state index in [1.165, 1.54) is 7.11 Å². The van der Waals surface area contributed by atoms with E-state index in [1.807, 2.05) is 0 Å². The lowest BCUT2D eigenvalue weighted by Gasteiger charge is -2.23. The number of carbonyl (C=O) groups excluding carboxylic acids is 2. The smallest absolute Gasteiger partial charge is 0.329 e. The number of nitrogens with zero attached hydrogens (tertiary/aromatic N) is 2. The maximum Gasteiger partial charge on any atom is 0.329 e. The molecule has 1 aromatic rings. The molecule has 0 saturated heterocycles. The molecule has 0 radical (unpaired) electrons. The Balaban J connectivity index is 3.31. The minimum Gasteiger partial charge on any atom is -0.490 e. The lowest BCUT2D eigenvalue weighted by molar-refractivity contribution is -0.386. The molecule has 0 spiro atoms. The van der Waals surface area contributed by atoms with E-state index >= 15 is 0 Å². The molecule has 0 aliphatic carbocycles. The van der Waals surface area contributed by atoms with Gasteiger partial charge in [-0.15, -0.1) is 0 Å². The molecule has 9 nitrogen and oxygen atoms in total. The molecule has 0 amide bonds. The predicted octanol–water partition coefficient (Wildman–Crippen LogP) is 1.99. The summed E-state index contributed by atoms with van der Waals surface area (Å²) in [7, 11) is 1.24. The van der Waals surface area contributed by atoms with Crippen molar-refractivity contribution in [2.75, 3.05) is 13.7 Å². The Hall–Kier alpha value is -2.71. The second-order valence-electron chi connectivity index (χ2n) is 5.76. The highest BCUT2D eigenvalue weighted by Crippen LogP contribution is 2.30. The molecule has 0 aliphatic heterocycles. The van der Waals surface area contributed by atoms with Crippen molar-refractivity contribution in [1.29, 1.82) is 0 Å². The molecule has 0 fully saturated rings. The van der Waals surface area contributed by atoms with Gasteiger partial charge in [0.1, 0.15) is 11.8 Å². The third-order valence-electron chi connectivity index (χ3n) is 2.74. The quantitative estimate of drug-likeness (QED) is 0.334. The van der Waals surface area contributed by atoms with Gasteiger partial charge in [-0.25, -0.2) is 0 Å². The van der Waals surface area contributed by atoms with Crippen molar-refractivity contribution in [3.63, 3.8) is 0 Å². The topological polar surface area (TPSA) is 118 Å². The van der Waals surface area contributed by atoms with Crippen molar-refractivity contribution >= 4 is 17.6 Å². The zero-order valence-electron chi connectivity index (χ0n) is 14.2. The van der Waals surface area contributed by atoms with Gasteiger partial charge in [0, 0.05) is 6.07 Å². The number of aromatic nitrogens is 1. The van der Waals surface area contributed by atoms with Gasteiger partial charge >= 0.3 is 17.6 Å². The lowest BCUT2D eigenvalue weighted by Crippen LogP contribution is -2.33. The van der Waals surface area contributed by atoms with E-state index in [0.717, 1.165) is 12.3 Å². The molecule has 1 atom stereocenters. The summed E-state index contributed by atoms with van der Waals surface area (Å²) in [4.78, 5) is 38.6. The number of esters is 2. The lowest BCUT2D eigenvalue weighted by atomic mass is 10.0. The number of ether oxygens (including phenoxy) is 3. The van der Waals surface area contributed by atoms with Crippen LogP contribution in [-0.2, 0) is 19.1 Å². The molecular weight excluding hydrogens is 320 g/mol. The number of rotatable bonds is 6. The molecule has 0 aliphatic rings. The maximum absolute atomic E-state index is 12.4. The first-order chi connectivity index (χ1) is 11.1. The molecule has 0 aromatic carbocycles. The highest BCUT2D eigenvalue weighted by atomic mass is 16.6. The van der Waals surface area contributed by atoms with Gasteiger partial charge in [0.05, 0.1) is 24.3 Å². The second-order valence-corrected chi connectivity index (χ2v) is 5.76. The summed E-state index contributed by atoms with van der Waals surface area (Å²) in [6, 6.07) is 1.16. The molecule has 1 rings (SSSR count). The standard InChI is InChI=1S/C15H20N2O7/c1-6-23-13(18)12(14(19)24-15(2,3)4)9-7-11(22-5)10(8-16-9)17(20)21/h7-8,12H,6H2,1-5H3.